The summed E-state index contributed by atoms with van der Waals surface area (Å²) in [5.74, 6) is 1.07. The second-order valence-corrected chi connectivity index (χ2v) is 7.28. The van der Waals surface area contributed by atoms with Gasteiger partial charge in [-0.1, -0.05) is 38.0 Å². The first kappa shape index (κ1) is 20.7. The van der Waals surface area contributed by atoms with Gasteiger partial charge in [0.15, 0.2) is 13.2 Å². The molecule has 0 fully saturated rings. The third-order valence-corrected chi connectivity index (χ3v) is 4.93. The van der Waals surface area contributed by atoms with Crippen molar-refractivity contribution in [1.29, 1.82) is 0 Å². The third kappa shape index (κ3) is 5.08. The molecule has 3 rings (SSSR count). The predicted octanol–water partition coefficient (Wildman–Crippen LogP) is 4.24. The monoisotopic (exact) mass is 396 g/mol. The smallest absolute Gasteiger partial charge is 0.265 e. The number of amides is 2. The number of carbonyl (C=O) groups is 2. The van der Waals surface area contributed by atoms with Crippen molar-refractivity contribution < 1.29 is 19.1 Å². The summed E-state index contributed by atoms with van der Waals surface area (Å²) in [6.45, 7) is 6.65. The number of unbranched alkanes of at least 4 members (excludes halogenated alkanes) is 2. The number of benzene rings is 2. The molecule has 0 radical (unpaired) electrons. The fourth-order valence-electron chi connectivity index (χ4n) is 3.41. The molecule has 0 atom stereocenters. The molecule has 1 N–H and O–H groups in total. The standard InChI is InChI=1S/C23H28N2O4/c1-4-5-6-12-25-19-13-18(10-11-20(19)28-15-22(25)27)24-21(26)14-29-23-16(2)8-7-9-17(23)3/h7-11,13H,4-6,12,14-15H2,1-3H3,(H,24,26). The molecule has 0 spiro atoms. The summed E-state index contributed by atoms with van der Waals surface area (Å²) in [4.78, 5) is 26.4. The van der Waals surface area contributed by atoms with E-state index in [0.717, 1.165) is 36.1 Å². The van der Waals surface area contributed by atoms with E-state index in [0.29, 0.717) is 23.7 Å². The Morgan fingerprint density at radius 1 is 1.17 bits per heavy atom. The number of ether oxygens (including phenoxy) is 2. The molecular weight excluding hydrogens is 368 g/mol. The minimum absolute atomic E-state index is 0.0500. The molecule has 6 heteroatoms. The maximum absolute atomic E-state index is 12.4. The van der Waals surface area contributed by atoms with E-state index in [1.54, 1.807) is 23.1 Å². The molecule has 0 aromatic heterocycles. The Morgan fingerprint density at radius 2 is 1.93 bits per heavy atom. The minimum atomic E-state index is -0.256. The van der Waals surface area contributed by atoms with Gasteiger partial charge in [0.2, 0.25) is 0 Å². The summed E-state index contributed by atoms with van der Waals surface area (Å²) in [6.07, 6.45) is 3.08. The van der Waals surface area contributed by atoms with Crippen LogP contribution in [0.1, 0.15) is 37.3 Å². The maximum atomic E-state index is 12.4. The fourth-order valence-corrected chi connectivity index (χ4v) is 3.41. The van der Waals surface area contributed by atoms with Gasteiger partial charge in [-0.2, -0.15) is 0 Å². The highest BCUT2D eigenvalue weighted by molar-refractivity contribution is 5.99. The first-order valence-electron chi connectivity index (χ1n) is 10.1. The largest absolute Gasteiger partial charge is 0.483 e. The van der Waals surface area contributed by atoms with Gasteiger partial charge in [-0.25, -0.2) is 0 Å². The third-order valence-electron chi connectivity index (χ3n) is 4.93. The number of rotatable bonds is 8. The lowest BCUT2D eigenvalue weighted by molar-refractivity contribution is -0.121. The number of hydrogen-bond acceptors (Lipinski definition) is 4. The van der Waals surface area contributed by atoms with Gasteiger partial charge >= 0.3 is 0 Å². The number of aryl methyl sites for hydroxylation is 2. The summed E-state index contributed by atoms with van der Waals surface area (Å²) in [5, 5.41) is 2.85. The molecule has 0 bridgehead atoms. The number of hydrogen-bond donors (Lipinski definition) is 1. The van der Waals surface area contributed by atoms with Crippen molar-refractivity contribution in [3.8, 4) is 11.5 Å². The normalized spacial score (nSPS) is 12.9. The highest BCUT2D eigenvalue weighted by atomic mass is 16.5. The molecule has 6 nitrogen and oxygen atoms in total. The van der Waals surface area contributed by atoms with Crippen molar-refractivity contribution in [3.63, 3.8) is 0 Å². The zero-order valence-corrected chi connectivity index (χ0v) is 17.3. The number of para-hydroxylation sites is 1. The lowest BCUT2D eigenvalue weighted by atomic mass is 10.1. The fraction of sp³-hybridized carbons (Fsp3) is 0.391. The summed E-state index contributed by atoms with van der Waals surface area (Å²) in [5.41, 5.74) is 3.29. The molecule has 154 valence electrons. The molecule has 1 aliphatic rings. The van der Waals surface area contributed by atoms with Crippen LogP contribution in [-0.4, -0.2) is 31.6 Å². The van der Waals surface area contributed by atoms with E-state index in [9.17, 15) is 9.59 Å². The number of anilines is 2. The zero-order valence-electron chi connectivity index (χ0n) is 17.3. The van der Waals surface area contributed by atoms with Gasteiger partial charge in [-0.3, -0.25) is 9.59 Å². The van der Waals surface area contributed by atoms with E-state index in [1.807, 2.05) is 32.0 Å². The van der Waals surface area contributed by atoms with Crippen LogP contribution in [0.2, 0.25) is 0 Å². The Labute approximate surface area is 171 Å². The van der Waals surface area contributed by atoms with Crippen LogP contribution in [0.15, 0.2) is 36.4 Å². The summed E-state index contributed by atoms with van der Waals surface area (Å²) in [7, 11) is 0. The SMILES string of the molecule is CCCCCN1C(=O)COc2ccc(NC(=O)COc3c(C)cccc3C)cc21. The number of nitrogens with zero attached hydrogens (tertiary/aromatic N) is 1. The Hall–Kier alpha value is -3.02. The topological polar surface area (TPSA) is 67.9 Å². The molecular formula is C23H28N2O4. The molecule has 0 aliphatic carbocycles. The van der Waals surface area contributed by atoms with Crippen LogP contribution in [0.3, 0.4) is 0 Å². The first-order chi connectivity index (χ1) is 14.0. The second kappa shape index (κ2) is 9.45. The molecule has 0 saturated heterocycles. The minimum Gasteiger partial charge on any atom is -0.483 e. The van der Waals surface area contributed by atoms with Crippen molar-refractivity contribution in [2.75, 3.05) is 30.0 Å². The van der Waals surface area contributed by atoms with Crippen molar-refractivity contribution in [2.24, 2.45) is 0 Å². The highest BCUT2D eigenvalue weighted by Gasteiger charge is 2.25. The molecule has 2 aromatic carbocycles. The summed E-state index contributed by atoms with van der Waals surface area (Å²) < 4.78 is 11.3. The molecule has 0 saturated carbocycles. The number of carbonyl (C=O) groups excluding carboxylic acids is 2. The van der Waals surface area contributed by atoms with Crippen LogP contribution >= 0.6 is 0 Å². The van der Waals surface area contributed by atoms with Crippen molar-refractivity contribution in [3.05, 3.63) is 47.5 Å². The van der Waals surface area contributed by atoms with E-state index in [4.69, 9.17) is 9.47 Å². The zero-order chi connectivity index (χ0) is 20.8. The molecule has 1 aliphatic heterocycles. The first-order valence-corrected chi connectivity index (χ1v) is 10.1. The Balaban J connectivity index is 1.67. The van der Waals surface area contributed by atoms with Gasteiger partial charge in [0.1, 0.15) is 11.5 Å². The highest BCUT2D eigenvalue weighted by Crippen LogP contribution is 2.35. The van der Waals surface area contributed by atoms with Crippen LogP contribution in [0, 0.1) is 13.8 Å². The van der Waals surface area contributed by atoms with E-state index in [1.165, 1.54) is 0 Å². The lowest BCUT2D eigenvalue weighted by Gasteiger charge is -2.29. The van der Waals surface area contributed by atoms with Crippen molar-refractivity contribution in [2.45, 2.75) is 40.0 Å². The van der Waals surface area contributed by atoms with Crippen LogP contribution in [-0.2, 0) is 9.59 Å². The van der Waals surface area contributed by atoms with Gasteiger partial charge in [0, 0.05) is 12.2 Å². The van der Waals surface area contributed by atoms with E-state index < -0.39 is 0 Å². The number of fused-ring (bicyclic) bond motifs is 1. The van der Waals surface area contributed by atoms with Gasteiger partial charge in [0.25, 0.3) is 11.8 Å². The Bertz CT molecular complexity index is 874. The summed E-state index contributed by atoms with van der Waals surface area (Å²) in [6, 6.07) is 11.2. The predicted molar refractivity (Wildman–Crippen MR) is 114 cm³/mol. The second-order valence-electron chi connectivity index (χ2n) is 7.28. The van der Waals surface area contributed by atoms with Gasteiger partial charge < -0.3 is 19.7 Å². The van der Waals surface area contributed by atoms with Crippen LogP contribution in [0.5, 0.6) is 11.5 Å². The Morgan fingerprint density at radius 3 is 2.66 bits per heavy atom. The quantitative estimate of drug-likeness (QED) is 0.678. The average Bonchev–Trinajstić information content (AvgIpc) is 2.69. The molecule has 0 unspecified atom stereocenters. The molecule has 2 amide bonds. The Kier molecular flexibility index (Phi) is 6.75. The molecule has 1 heterocycles. The van der Waals surface area contributed by atoms with Gasteiger partial charge in [0.05, 0.1) is 5.69 Å². The van der Waals surface area contributed by atoms with Gasteiger partial charge in [-0.05, 0) is 49.6 Å². The lowest BCUT2D eigenvalue weighted by Crippen LogP contribution is -2.39. The van der Waals surface area contributed by atoms with Crippen LogP contribution < -0.4 is 19.7 Å². The van der Waals surface area contributed by atoms with Crippen LogP contribution in [0.4, 0.5) is 11.4 Å². The molecule has 2 aromatic rings. The van der Waals surface area contributed by atoms with E-state index in [-0.39, 0.29) is 25.0 Å². The van der Waals surface area contributed by atoms with E-state index in [2.05, 4.69) is 12.2 Å². The van der Waals surface area contributed by atoms with Crippen molar-refractivity contribution >= 4 is 23.2 Å². The maximum Gasteiger partial charge on any atom is 0.265 e. The van der Waals surface area contributed by atoms with Gasteiger partial charge in [-0.15, -0.1) is 0 Å². The van der Waals surface area contributed by atoms with Crippen molar-refractivity contribution in [1.82, 2.24) is 0 Å². The average molecular weight is 396 g/mol. The summed E-state index contributed by atoms with van der Waals surface area (Å²) >= 11 is 0. The van der Waals surface area contributed by atoms with E-state index >= 15 is 0 Å². The van der Waals surface area contributed by atoms with Crippen LogP contribution in [0.25, 0.3) is 0 Å². The number of nitrogens with one attached hydrogen (secondary N) is 1. The molecule has 29 heavy (non-hydrogen) atoms.